The van der Waals surface area contributed by atoms with Gasteiger partial charge in [0.05, 0.1) is 18.6 Å². The van der Waals surface area contributed by atoms with Crippen LogP contribution in [0.25, 0.3) is 0 Å². The number of carboxylic acids is 1. The Labute approximate surface area is 181 Å². The number of carboxylic acid groups (broad SMARTS) is 1. The third-order valence-electron chi connectivity index (χ3n) is 3.57. The molecule has 0 bridgehead atoms. The second kappa shape index (κ2) is 11.5. The number of amides is 1. The molecule has 1 rings (SSSR count). The maximum absolute atomic E-state index is 12.6. The number of hydrogen-bond acceptors (Lipinski definition) is 8. The number of rotatable bonds is 11. The molecule has 12 heteroatoms. The second-order valence-electron chi connectivity index (χ2n) is 7.40. The van der Waals surface area contributed by atoms with Gasteiger partial charge in [0.15, 0.2) is 0 Å². The molecule has 0 saturated carbocycles. The molecule has 0 aromatic heterocycles. The first-order valence-corrected chi connectivity index (χ1v) is 10.8. The molecule has 1 amide bonds. The van der Waals surface area contributed by atoms with Crippen molar-refractivity contribution in [3.05, 3.63) is 24.3 Å². The molecule has 0 aliphatic rings. The van der Waals surface area contributed by atoms with Crippen molar-refractivity contribution in [1.82, 2.24) is 10.0 Å². The highest BCUT2D eigenvalue weighted by Gasteiger charge is 2.28. The van der Waals surface area contributed by atoms with E-state index in [2.05, 4.69) is 14.8 Å². The van der Waals surface area contributed by atoms with Gasteiger partial charge in [0.25, 0.3) is 0 Å². The minimum Gasteiger partial charge on any atom is -0.494 e. The van der Waals surface area contributed by atoms with Crippen molar-refractivity contribution in [2.24, 2.45) is 0 Å². The Bertz CT molecular complexity index is 861. The summed E-state index contributed by atoms with van der Waals surface area (Å²) in [6.07, 6.45) is -0.546. The van der Waals surface area contributed by atoms with Crippen LogP contribution in [0.3, 0.4) is 0 Å². The molecule has 11 nitrogen and oxygen atoms in total. The van der Waals surface area contributed by atoms with Crippen LogP contribution >= 0.6 is 0 Å². The third-order valence-corrected chi connectivity index (χ3v) is 5.06. The van der Waals surface area contributed by atoms with E-state index in [1.54, 1.807) is 20.8 Å². The number of alkyl carbamates (subject to hydrolysis) is 1. The lowest BCUT2D eigenvalue weighted by Crippen LogP contribution is -2.49. The molecule has 0 aliphatic carbocycles. The van der Waals surface area contributed by atoms with Gasteiger partial charge in [0.2, 0.25) is 10.0 Å². The third kappa shape index (κ3) is 10.1. The van der Waals surface area contributed by atoms with Crippen LogP contribution in [0.4, 0.5) is 4.79 Å². The summed E-state index contributed by atoms with van der Waals surface area (Å²) >= 11 is 0. The molecular weight excluding hydrogens is 432 g/mol. The van der Waals surface area contributed by atoms with Gasteiger partial charge in [-0.15, -0.1) is 0 Å². The molecular formula is C19H28N2O9S. The Morgan fingerprint density at radius 1 is 1.13 bits per heavy atom. The molecule has 3 N–H and O–H groups in total. The van der Waals surface area contributed by atoms with Crippen molar-refractivity contribution < 1.29 is 42.1 Å². The molecule has 0 heterocycles. The molecule has 31 heavy (non-hydrogen) atoms. The quantitative estimate of drug-likeness (QED) is 0.327. The largest absolute Gasteiger partial charge is 0.494 e. The number of carbonyl (C=O) groups excluding carboxylic acids is 2. The number of sulfonamides is 1. The van der Waals surface area contributed by atoms with Crippen LogP contribution in [0.15, 0.2) is 29.2 Å². The predicted molar refractivity (Wildman–Crippen MR) is 109 cm³/mol. The number of benzene rings is 1. The molecule has 0 radical (unpaired) electrons. The van der Waals surface area contributed by atoms with E-state index in [9.17, 15) is 22.8 Å². The van der Waals surface area contributed by atoms with Crippen LogP contribution in [-0.4, -0.2) is 63.5 Å². The fourth-order valence-electron chi connectivity index (χ4n) is 2.20. The van der Waals surface area contributed by atoms with Crippen LogP contribution in [0.2, 0.25) is 0 Å². The number of esters is 1. The Kier molecular flexibility index (Phi) is 9.72. The van der Waals surface area contributed by atoms with E-state index in [0.717, 1.165) is 7.11 Å². The maximum atomic E-state index is 12.6. The summed E-state index contributed by atoms with van der Waals surface area (Å²) < 4.78 is 42.4. The number of hydrogen-bond donors (Lipinski definition) is 3. The SMILES string of the molecule is COC(=O)[C@@H](CNC(=O)OC(C)(C)C)NS(=O)(=O)c1ccc(OCCCC(=O)O)cc1. The van der Waals surface area contributed by atoms with Gasteiger partial charge in [-0.2, -0.15) is 4.72 Å². The molecule has 0 unspecified atom stereocenters. The molecule has 1 aromatic rings. The first-order valence-electron chi connectivity index (χ1n) is 9.36. The zero-order valence-corrected chi connectivity index (χ0v) is 18.7. The average Bonchev–Trinajstić information content (AvgIpc) is 2.66. The van der Waals surface area contributed by atoms with Gasteiger partial charge in [0.1, 0.15) is 17.4 Å². The topological polar surface area (TPSA) is 157 Å². The van der Waals surface area contributed by atoms with Crippen molar-refractivity contribution in [3.8, 4) is 5.75 Å². The zero-order valence-electron chi connectivity index (χ0n) is 17.8. The second-order valence-corrected chi connectivity index (χ2v) is 9.11. The molecule has 0 spiro atoms. The van der Waals surface area contributed by atoms with Crippen LogP contribution < -0.4 is 14.8 Å². The number of nitrogens with one attached hydrogen (secondary N) is 2. The lowest BCUT2D eigenvalue weighted by Gasteiger charge is -2.21. The van der Waals surface area contributed by atoms with Gasteiger partial charge >= 0.3 is 18.0 Å². The van der Waals surface area contributed by atoms with Gasteiger partial charge in [-0.3, -0.25) is 9.59 Å². The van der Waals surface area contributed by atoms with Crippen LogP contribution in [0.1, 0.15) is 33.6 Å². The van der Waals surface area contributed by atoms with Gasteiger partial charge in [-0.05, 0) is 51.5 Å². The van der Waals surface area contributed by atoms with Gasteiger partial charge in [-0.1, -0.05) is 0 Å². The highest BCUT2D eigenvalue weighted by Crippen LogP contribution is 2.17. The average molecular weight is 461 g/mol. The van der Waals surface area contributed by atoms with Crippen molar-refractivity contribution in [2.45, 2.75) is 50.2 Å². The van der Waals surface area contributed by atoms with E-state index in [1.807, 2.05) is 0 Å². The normalized spacial score (nSPS) is 12.5. The van der Waals surface area contributed by atoms with Crippen LogP contribution in [0, 0.1) is 0 Å². The Balaban J connectivity index is 2.76. The molecule has 0 fully saturated rings. The first-order chi connectivity index (χ1) is 14.3. The summed E-state index contributed by atoms with van der Waals surface area (Å²) in [4.78, 5) is 34.1. The summed E-state index contributed by atoms with van der Waals surface area (Å²) in [5.41, 5.74) is -0.762. The van der Waals surface area contributed by atoms with Crippen LogP contribution in [0.5, 0.6) is 5.75 Å². The molecule has 0 aliphatic heterocycles. The highest BCUT2D eigenvalue weighted by molar-refractivity contribution is 7.89. The van der Waals surface area contributed by atoms with Crippen molar-refractivity contribution >= 4 is 28.1 Å². The molecule has 1 aromatic carbocycles. The Morgan fingerprint density at radius 3 is 2.26 bits per heavy atom. The Hall–Kier alpha value is -2.86. The minimum atomic E-state index is -4.13. The minimum absolute atomic E-state index is 0.0391. The van der Waals surface area contributed by atoms with Crippen molar-refractivity contribution in [1.29, 1.82) is 0 Å². The van der Waals surface area contributed by atoms with Crippen molar-refractivity contribution in [2.75, 3.05) is 20.3 Å². The standard InChI is InChI=1S/C19H28N2O9S/c1-19(2,3)30-18(25)20-12-15(17(24)28-4)21-31(26,27)14-9-7-13(8-10-14)29-11-5-6-16(22)23/h7-10,15,21H,5-6,11-12H2,1-4H3,(H,20,25)(H,22,23)/t15-/m1/s1. The van der Waals surface area contributed by atoms with Gasteiger partial charge in [0, 0.05) is 13.0 Å². The van der Waals surface area contributed by atoms with Gasteiger partial charge in [-0.25, -0.2) is 13.2 Å². The Morgan fingerprint density at radius 2 is 1.74 bits per heavy atom. The number of methoxy groups -OCH3 is 1. The van der Waals surface area contributed by atoms with E-state index >= 15 is 0 Å². The zero-order chi connectivity index (χ0) is 23.7. The monoisotopic (exact) mass is 460 g/mol. The van der Waals surface area contributed by atoms with E-state index in [0.29, 0.717) is 12.2 Å². The lowest BCUT2D eigenvalue weighted by atomic mass is 10.2. The van der Waals surface area contributed by atoms with E-state index in [4.69, 9.17) is 14.6 Å². The summed E-state index contributed by atoms with van der Waals surface area (Å²) in [6.45, 7) is 4.76. The smallest absolute Gasteiger partial charge is 0.407 e. The summed E-state index contributed by atoms with van der Waals surface area (Å²) in [5, 5.41) is 10.9. The predicted octanol–water partition coefficient (Wildman–Crippen LogP) is 1.27. The summed E-state index contributed by atoms with van der Waals surface area (Å²) in [6, 6.07) is 3.96. The molecule has 1 atom stereocenters. The number of ether oxygens (including phenoxy) is 3. The maximum Gasteiger partial charge on any atom is 0.407 e. The van der Waals surface area contributed by atoms with E-state index < -0.39 is 39.7 Å². The highest BCUT2D eigenvalue weighted by atomic mass is 32.2. The summed E-state index contributed by atoms with van der Waals surface area (Å²) in [5.74, 6) is -1.46. The van der Waals surface area contributed by atoms with Crippen molar-refractivity contribution in [3.63, 3.8) is 0 Å². The summed E-state index contributed by atoms with van der Waals surface area (Å²) in [7, 11) is -3.04. The fourth-order valence-corrected chi connectivity index (χ4v) is 3.38. The van der Waals surface area contributed by atoms with E-state index in [-0.39, 0.29) is 24.5 Å². The lowest BCUT2D eigenvalue weighted by molar-refractivity contribution is -0.142. The number of carbonyl (C=O) groups is 3. The first kappa shape index (κ1) is 26.2. The van der Waals surface area contributed by atoms with Gasteiger partial charge < -0.3 is 24.6 Å². The fraction of sp³-hybridized carbons (Fsp3) is 0.526. The van der Waals surface area contributed by atoms with Crippen LogP contribution in [-0.2, 0) is 29.1 Å². The number of aliphatic carboxylic acids is 1. The molecule has 174 valence electrons. The van der Waals surface area contributed by atoms with E-state index in [1.165, 1.54) is 24.3 Å². The molecule has 0 saturated heterocycles.